The summed E-state index contributed by atoms with van der Waals surface area (Å²) >= 11 is 2.10. The second kappa shape index (κ2) is 5.77. The van der Waals surface area contributed by atoms with Crippen molar-refractivity contribution >= 4 is 28.6 Å². The lowest BCUT2D eigenvalue weighted by Gasteiger charge is -2.13. The van der Waals surface area contributed by atoms with Crippen LogP contribution in [0.25, 0.3) is 0 Å². The van der Waals surface area contributed by atoms with E-state index >= 15 is 0 Å². The van der Waals surface area contributed by atoms with Crippen molar-refractivity contribution in [2.45, 2.75) is 30.4 Å². The molecule has 0 saturated carbocycles. The summed E-state index contributed by atoms with van der Waals surface area (Å²) in [6.07, 6.45) is 0.850. The second-order valence-corrected chi connectivity index (χ2v) is 3.65. The van der Waals surface area contributed by atoms with Gasteiger partial charge in [0.05, 0.1) is 0 Å². The molecule has 0 radical (unpaired) electrons. The molecule has 0 heterocycles. The van der Waals surface area contributed by atoms with E-state index < -0.39 is 0 Å². The molecule has 11 heavy (non-hydrogen) atoms. The molecule has 0 bridgehead atoms. The molecule has 3 nitrogen and oxygen atoms in total. The fourth-order valence-corrected chi connectivity index (χ4v) is 0.680. The van der Waals surface area contributed by atoms with Gasteiger partial charge in [0.25, 0.3) is 0 Å². The third kappa shape index (κ3) is 4.58. The molecule has 0 aromatic carbocycles. The van der Waals surface area contributed by atoms with Crippen molar-refractivity contribution in [1.29, 1.82) is 0 Å². The van der Waals surface area contributed by atoms with Crippen LogP contribution in [-0.2, 0) is 9.53 Å². The average Bonchev–Trinajstić information content (AvgIpc) is 2.02. The van der Waals surface area contributed by atoms with Crippen LogP contribution in [0.2, 0.25) is 0 Å². The fourth-order valence-electron chi connectivity index (χ4n) is 0.429. The number of halogens is 1. The van der Waals surface area contributed by atoms with Gasteiger partial charge in [0.15, 0.2) is 4.11 Å². The lowest BCUT2D eigenvalue weighted by Crippen LogP contribution is -2.33. The highest BCUT2D eigenvalue weighted by Gasteiger charge is 2.14. The Morgan fingerprint density at radius 1 is 1.73 bits per heavy atom. The topological polar surface area (TPSA) is 38.3 Å². The van der Waals surface area contributed by atoms with Gasteiger partial charge in [-0.1, -0.05) is 6.92 Å². The highest BCUT2D eigenvalue weighted by atomic mass is 127. The number of carbonyl (C=O) groups is 1. The standard InChI is InChI=1S/C7H14INO2/c1-4-6(8)11-7(10)5(2)9-3/h5-6,9H,4H2,1-3H3. The molecule has 2 unspecified atom stereocenters. The maximum absolute atomic E-state index is 11.1. The first-order valence-electron chi connectivity index (χ1n) is 3.63. The average molecular weight is 271 g/mol. The van der Waals surface area contributed by atoms with Crippen molar-refractivity contribution < 1.29 is 9.53 Å². The summed E-state index contributed by atoms with van der Waals surface area (Å²) in [5.41, 5.74) is 0. The minimum absolute atomic E-state index is 0.00380. The second-order valence-electron chi connectivity index (χ2n) is 2.27. The van der Waals surface area contributed by atoms with E-state index in [9.17, 15) is 4.79 Å². The number of hydrogen-bond acceptors (Lipinski definition) is 3. The first-order chi connectivity index (χ1) is 5.11. The molecule has 0 amide bonds. The number of hydrogen-bond donors (Lipinski definition) is 1. The van der Waals surface area contributed by atoms with Crippen LogP contribution in [0.4, 0.5) is 0 Å². The summed E-state index contributed by atoms with van der Waals surface area (Å²) in [6, 6.07) is -0.209. The van der Waals surface area contributed by atoms with E-state index in [0.29, 0.717) is 0 Å². The van der Waals surface area contributed by atoms with Gasteiger partial charge in [-0.25, -0.2) is 0 Å². The summed E-state index contributed by atoms with van der Waals surface area (Å²) in [4.78, 5) is 11.1. The highest BCUT2D eigenvalue weighted by molar-refractivity contribution is 14.1. The van der Waals surface area contributed by atoms with E-state index in [1.54, 1.807) is 14.0 Å². The van der Waals surface area contributed by atoms with Gasteiger partial charge in [-0.3, -0.25) is 4.79 Å². The molecule has 0 spiro atoms. The van der Waals surface area contributed by atoms with E-state index in [2.05, 4.69) is 27.9 Å². The maximum atomic E-state index is 11.1. The summed E-state index contributed by atoms with van der Waals surface area (Å²) in [5.74, 6) is -0.186. The molecule has 0 aliphatic carbocycles. The van der Waals surface area contributed by atoms with Crippen LogP contribution in [-0.4, -0.2) is 23.2 Å². The van der Waals surface area contributed by atoms with E-state index in [1.165, 1.54) is 0 Å². The Hall–Kier alpha value is 0.160. The van der Waals surface area contributed by atoms with Crippen molar-refractivity contribution in [2.24, 2.45) is 0 Å². The van der Waals surface area contributed by atoms with Gasteiger partial charge in [0.2, 0.25) is 0 Å². The van der Waals surface area contributed by atoms with Crippen LogP contribution in [0.15, 0.2) is 0 Å². The third-order valence-electron chi connectivity index (χ3n) is 1.35. The largest absolute Gasteiger partial charge is 0.451 e. The Morgan fingerprint density at radius 2 is 2.27 bits per heavy atom. The van der Waals surface area contributed by atoms with Crippen LogP contribution in [0.5, 0.6) is 0 Å². The molecule has 0 saturated heterocycles. The van der Waals surface area contributed by atoms with Gasteiger partial charge < -0.3 is 10.1 Å². The summed E-state index contributed by atoms with van der Waals surface area (Å²) in [5, 5.41) is 2.82. The van der Waals surface area contributed by atoms with E-state index in [0.717, 1.165) is 6.42 Å². The van der Waals surface area contributed by atoms with Gasteiger partial charge in [-0.2, -0.15) is 0 Å². The van der Waals surface area contributed by atoms with Crippen molar-refractivity contribution in [2.75, 3.05) is 7.05 Å². The van der Waals surface area contributed by atoms with Gasteiger partial charge in [0, 0.05) is 0 Å². The molecule has 66 valence electrons. The van der Waals surface area contributed by atoms with E-state index in [4.69, 9.17) is 4.74 Å². The molecular formula is C7H14INO2. The van der Waals surface area contributed by atoms with Crippen LogP contribution in [0.3, 0.4) is 0 Å². The van der Waals surface area contributed by atoms with Crippen LogP contribution < -0.4 is 5.32 Å². The van der Waals surface area contributed by atoms with Crippen molar-refractivity contribution in [3.05, 3.63) is 0 Å². The van der Waals surface area contributed by atoms with Crippen molar-refractivity contribution in [1.82, 2.24) is 5.32 Å². The zero-order valence-electron chi connectivity index (χ0n) is 7.06. The third-order valence-corrected chi connectivity index (χ3v) is 2.49. The van der Waals surface area contributed by atoms with Crippen LogP contribution >= 0.6 is 22.6 Å². The first-order valence-corrected chi connectivity index (χ1v) is 4.88. The molecule has 4 heteroatoms. The first kappa shape index (κ1) is 11.2. The highest BCUT2D eigenvalue weighted by Crippen LogP contribution is 2.07. The molecule has 0 rings (SSSR count). The zero-order valence-corrected chi connectivity index (χ0v) is 9.21. The Balaban J connectivity index is 3.68. The zero-order chi connectivity index (χ0) is 8.85. The Bertz CT molecular complexity index is 130. The number of likely N-dealkylation sites (N-methyl/N-ethyl adjacent to an activating group) is 1. The maximum Gasteiger partial charge on any atom is 0.323 e. The monoisotopic (exact) mass is 271 g/mol. The number of rotatable bonds is 4. The molecule has 0 aliphatic heterocycles. The molecule has 2 atom stereocenters. The molecule has 0 aromatic rings. The minimum Gasteiger partial charge on any atom is -0.451 e. The number of alkyl halides is 1. The summed E-state index contributed by atoms with van der Waals surface area (Å²) in [7, 11) is 1.74. The summed E-state index contributed by atoms with van der Waals surface area (Å²) in [6.45, 7) is 3.76. The number of nitrogens with one attached hydrogen (secondary N) is 1. The smallest absolute Gasteiger partial charge is 0.323 e. The fraction of sp³-hybridized carbons (Fsp3) is 0.857. The molecular weight excluding hydrogens is 257 g/mol. The Labute approximate surface area is 81.0 Å². The quantitative estimate of drug-likeness (QED) is 0.476. The van der Waals surface area contributed by atoms with Crippen molar-refractivity contribution in [3.63, 3.8) is 0 Å². The number of carbonyl (C=O) groups excluding carboxylic acids is 1. The van der Waals surface area contributed by atoms with Crippen molar-refractivity contribution in [3.8, 4) is 0 Å². The van der Waals surface area contributed by atoms with E-state index in [-0.39, 0.29) is 16.1 Å². The normalized spacial score (nSPS) is 15.6. The SMILES string of the molecule is CCC(I)OC(=O)C(C)NC. The number of esters is 1. The lowest BCUT2D eigenvalue weighted by molar-refractivity contribution is -0.146. The van der Waals surface area contributed by atoms with Crippen LogP contribution in [0.1, 0.15) is 20.3 Å². The van der Waals surface area contributed by atoms with Gasteiger partial charge in [-0.15, -0.1) is 0 Å². The molecule has 0 aromatic heterocycles. The molecule has 0 fully saturated rings. The van der Waals surface area contributed by atoms with Gasteiger partial charge >= 0.3 is 5.97 Å². The molecule has 0 aliphatic rings. The van der Waals surface area contributed by atoms with Gasteiger partial charge in [0.1, 0.15) is 6.04 Å². The summed E-state index contributed by atoms with van der Waals surface area (Å²) < 4.78 is 5.03. The van der Waals surface area contributed by atoms with Crippen LogP contribution in [0, 0.1) is 0 Å². The Kier molecular flexibility index (Phi) is 5.85. The minimum atomic E-state index is -0.209. The van der Waals surface area contributed by atoms with E-state index in [1.807, 2.05) is 6.92 Å². The predicted octanol–water partition coefficient (Wildman–Crippen LogP) is 1.31. The lowest BCUT2D eigenvalue weighted by atomic mass is 10.3. The van der Waals surface area contributed by atoms with Gasteiger partial charge in [-0.05, 0) is 43.0 Å². The molecule has 1 N–H and O–H groups in total. The Morgan fingerprint density at radius 3 is 2.64 bits per heavy atom. The predicted molar refractivity (Wildman–Crippen MR) is 52.7 cm³/mol. The number of ether oxygens (including phenoxy) is 1.